The third kappa shape index (κ3) is 2.51. The van der Waals surface area contributed by atoms with Crippen LogP contribution in [0.5, 0.6) is 0 Å². The highest BCUT2D eigenvalue weighted by Crippen LogP contribution is 2.25. The fraction of sp³-hybridized carbons (Fsp3) is 0.364. The molecule has 0 radical (unpaired) electrons. The SMILES string of the molecule is Cc1c(S(=O)(=O)N(C)Cc2ccsc2)c(N)nn1C. The van der Waals surface area contributed by atoms with E-state index in [1.807, 2.05) is 16.8 Å². The molecular weight excluding hydrogens is 284 g/mol. The Morgan fingerprint density at radius 2 is 2.21 bits per heavy atom. The van der Waals surface area contributed by atoms with E-state index >= 15 is 0 Å². The van der Waals surface area contributed by atoms with Crippen LogP contribution < -0.4 is 5.73 Å². The van der Waals surface area contributed by atoms with Gasteiger partial charge in [0.25, 0.3) is 0 Å². The first-order valence-electron chi connectivity index (χ1n) is 5.60. The summed E-state index contributed by atoms with van der Waals surface area (Å²) >= 11 is 1.54. The summed E-state index contributed by atoms with van der Waals surface area (Å²) in [5.74, 6) is 0.0390. The zero-order valence-corrected chi connectivity index (χ0v) is 12.6. The Hall–Kier alpha value is -1.38. The molecule has 2 rings (SSSR count). The van der Waals surface area contributed by atoms with Gasteiger partial charge < -0.3 is 5.73 Å². The van der Waals surface area contributed by atoms with Gasteiger partial charge in [0.1, 0.15) is 4.90 Å². The lowest BCUT2D eigenvalue weighted by Crippen LogP contribution is -2.27. The molecule has 0 aromatic carbocycles. The molecule has 0 aliphatic heterocycles. The number of hydrogen-bond donors (Lipinski definition) is 1. The molecule has 0 saturated carbocycles. The molecule has 2 N–H and O–H groups in total. The average molecular weight is 300 g/mol. The van der Waals surface area contributed by atoms with Crippen LogP contribution in [0.3, 0.4) is 0 Å². The maximum Gasteiger partial charge on any atom is 0.248 e. The second-order valence-corrected chi connectivity index (χ2v) is 7.08. The van der Waals surface area contributed by atoms with E-state index in [9.17, 15) is 8.42 Å². The summed E-state index contributed by atoms with van der Waals surface area (Å²) in [5, 5.41) is 7.79. The Morgan fingerprint density at radius 1 is 1.53 bits per heavy atom. The van der Waals surface area contributed by atoms with E-state index in [1.54, 1.807) is 21.0 Å². The number of anilines is 1. The monoisotopic (exact) mass is 300 g/mol. The van der Waals surface area contributed by atoms with E-state index in [2.05, 4.69) is 5.10 Å². The van der Waals surface area contributed by atoms with E-state index in [4.69, 9.17) is 5.73 Å². The first kappa shape index (κ1) is 14.0. The lowest BCUT2D eigenvalue weighted by atomic mass is 10.3. The summed E-state index contributed by atoms with van der Waals surface area (Å²) in [4.78, 5) is 0.0905. The van der Waals surface area contributed by atoms with E-state index < -0.39 is 10.0 Å². The van der Waals surface area contributed by atoms with Crippen LogP contribution in [0.1, 0.15) is 11.3 Å². The Kier molecular flexibility index (Phi) is 3.66. The van der Waals surface area contributed by atoms with Crippen molar-refractivity contribution in [2.75, 3.05) is 12.8 Å². The molecule has 0 spiro atoms. The highest BCUT2D eigenvalue weighted by Gasteiger charge is 2.28. The van der Waals surface area contributed by atoms with E-state index in [1.165, 1.54) is 20.3 Å². The summed E-state index contributed by atoms with van der Waals surface area (Å²) in [6.45, 7) is 2.01. The van der Waals surface area contributed by atoms with Gasteiger partial charge in [-0.15, -0.1) is 0 Å². The van der Waals surface area contributed by atoms with Gasteiger partial charge in [-0.3, -0.25) is 4.68 Å². The van der Waals surface area contributed by atoms with Crippen LogP contribution in [0, 0.1) is 6.92 Å². The molecule has 2 aromatic heterocycles. The van der Waals surface area contributed by atoms with Crippen LogP contribution in [0.2, 0.25) is 0 Å². The van der Waals surface area contributed by atoms with Crippen LogP contribution in [0.15, 0.2) is 21.7 Å². The van der Waals surface area contributed by atoms with Crippen molar-refractivity contribution in [2.45, 2.75) is 18.4 Å². The van der Waals surface area contributed by atoms with Gasteiger partial charge >= 0.3 is 0 Å². The standard InChI is InChI=1S/C11H16N4O2S2/c1-8-10(11(12)13-15(8)3)19(16,17)14(2)6-9-4-5-18-7-9/h4-5,7H,6H2,1-3H3,(H2,12,13). The molecule has 2 aromatic rings. The number of aryl methyl sites for hydroxylation is 1. The molecule has 6 nitrogen and oxygen atoms in total. The van der Waals surface area contributed by atoms with Crippen LogP contribution >= 0.6 is 11.3 Å². The number of nitrogens with two attached hydrogens (primary N) is 1. The van der Waals surface area contributed by atoms with Crippen molar-refractivity contribution < 1.29 is 8.42 Å². The molecule has 2 heterocycles. The van der Waals surface area contributed by atoms with Gasteiger partial charge in [-0.2, -0.15) is 20.7 Å². The van der Waals surface area contributed by atoms with Crippen LogP contribution in [-0.2, 0) is 23.6 Å². The molecule has 19 heavy (non-hydrogen) atoms. The van der Waals surface area contributed by atoms with Crippen molar-refractivity contribution in [3.63, 3.8) is 0 Å². The summed E-state index contributed by atoms with van der Waals surface area (Å²) in [6.07, 6.45) is 0. The van der Waals surface area contributed by atoms with Crippen molar-refractivity contribution in [3.05, 3.63) is 28.1 Å². The largest absolute Gasteiger partial charge is 0.381 e. The Labute approximate surface area is 116 Å². The van der Waals surface area contributed by atoms with Gasteiger partial charge in [-0.25, -0.2) is 8.42 Å². The van der Waals surface area contributed by atoms with Gasteiger partial charge in [0, 0.05) is 20.6 Å². The molecule has 0 amide bonds. The minimum absolute atomic E-state index is 0.0390. The number of rotatable bonds is 4. The van der Waals surface area contributed by atoms with Gasteiger partial charge in [0.15, 0.2) is 5.82 Å². The molecular formula is C11H16N4O2S2. The van der Waals surface area contributed by atoms with Crippen LogP contribution in [-0.4, -0.2) is 29.6 Å². The fourth-order valence-corrected chi connectivity index (χ4v) is 3.91. The zero-order valence-electron chi connectivity index (χ0n) is 11.0. The van der Waals surface area contributed by atoms with Gasteiger partial charge in [0.2, 0.25) is 10.0 Å². The molecule has 8 heteroatoms. The number of nitrogen functional groups attached to an aromatic ring is 1. The van der Waals surface area contributed by atoms with Crippen molar-refractivity contribution in [1.29, 1.82) is 0 Å². The average Bonchev–Trinajstić information content (AvgIpc) is 2.88. The van der Waals surface area contributed by atoms with Crippen molar-refractivity contribution in [1.82, 2.24) is 14.1 Å². The van der Waals surface area contributed by atoms with Crippen molar-refractivity contribution >= 4 is 27.2 Å². The first-order valence-corrected chi connectivity index (χ1v) is 7.99. The Balaban J connectivity index is 2.36. The second-order valence-electron chi connectivity index (χ2n) is 4.32. The summed E-state index contributed by atoms with van der Waals surface area (Å²) in [7, 11) is -0.415. The van der Waals surface area contributed by atoms with Crippen molar-refractivity contribution in [2.24, 2.45) is 7.05 Å². The Bertz CT molecular complexity index is 674. The molecule has 0 atom stereocenters. The molecule has 0 saturated heterocycles. The van der Waals surface area contributed by atoms with Crippen LogP contribution in [0.25, 0.3) is 0 Å². The third-order valence-electron chi connectivity index (χ3n) is 2.96. The smallest absolute Gasteiger partial charge is 0.248 e. The third-order valence-corrected chi connectivity index (χ3v) is 5.66. The van der Waals surface area contributed by atoms with E-state index in [-0.39, 0.29) is 10.7 Å². The lowest BCUT2D eigenvalue weighted by Gasteiger charge is -2.16. The zero-order chi connectivity index (χ0) is 14.2. The minimum Gasteiger partial charge on any atom is -0.381 e. The first-order chi connectivity index (χ1) is 8.84. The normalized spacial score (nSPS) is 12.2. The fourth-order valence-electron chi connectivity index (χ4n) is 1.81. The number of thiophene rings is 1. The van der Waals surface area contributed by atoms with E-state index in [0.29, 0.717) is 12.2 Å². The molecule has 0 aliphatic rings. The second kappa shape index (κ2) is 4.95. The van der Waals surface area contributed by atoms with E-state index in [0.717, 1.165) is 5.56 Å². The summed E-state index contributed by atoms with van der Waals surface area (Å²) in [5.41, 5.74) is 7.20. The summed E-state index contributed by atoms with van der Waals surface area (Å²) in [6, 6.07) is 1.90. The van der Waals surface area contributed by atoms with Gasteiger partial charge in [0.05, 0.1) is 5.69 Å². The molecule has 0 aliphatic carbocycles. The number of hydrogen-bond acceptors (Lipinski definition) is 5. The summed E-state index contributed by atoms with van der Waals surface area (Å²) < 4.78 is 27.8. The highest BCUT2D eigenvalue weighted by atomic mass is 32.2. The van der Waals surface area contributed by atoms with Gasteiger partial charge in [-0.1, -0.05) is 0 Å². The molecule has 104 valence electrons. The van der Waals surface area contributed by atoms with Gasteiger partial charge in [-0.05, 0) is 29.3 Å². The minimum atomic E-state index is -3.63. The Morgan fingerprint density at radius 3 is 2.68 bits per heavy atom. The number of sulfonamides is 1. The predicted molar refractivity (Wildman–Crippen MR) is 75.3 cm³/mol. The maximum atomic E-state index is 12.5. The molecule has 0 bridgehead atoms. The maximum absolute atomic E-state index is 12.5. The lowest BCUT2D eigenvalue weighted by molar-refractivity contribution is 0.467. The topological polar surface area (TPSA) is 81.2 Å². The number of nitrogens with zero attached hydrogens (tertiary/aromatic N) is 3. The number of aromatic nitrogens is 2. The van der Waals surface area contributed by atoms with Crippen LogP contribution in [0.4, 0.5) is 5.82 Å². The highest BCUT2D eigenvalue weighted by molar-refractivity contribution is 7.89. The molecule has 0 fully saturated rings. The quantitative estimate of drug-likeness (QED) is 0.919. The van der Waals surface area contributed by atoms with Crippen molar-refractivity contribution in [3.8, 4) is 0 Å². The molecule has 0 unspecified atom stereocenters. The predicted octanol–water partition coefficient (Wildman–Crippen LogP) is 1.19.